The Labute approximate surface area is 79.4 Å². The smallest absolute Gasteiger partial charge is 0.331 e. The highest BCUT2D eigenvalue weighted by atomic mass is 16.5. The second kappa shape index (κ2) is 3.81. The molecular weight excluding hydrogens is 166 g/mol. The van der Waals surface area contributed by atoms with Crippen LogP contribution in [0.4, 0.5) is 0 Å². The van der Waals surface area contributed by atoms with E-state index in [-0.39, 0.29) is 11.5 Å². The summed E-state index contributed by atoms with van der Waals surface area (Å²) >= 11 is 0. The fraction of sp³-hybridized carbons (Fsp3) is 0.700. The zero-order valence-corrected chi connectivity index (χ0v) is 8.54. The van der Waals surface area contributed by atoms with Crippen LogP contribution in [0, 0.1) is 0 Å². The Morgan fingerprint density at radius 1 is 1.54 bits per heavy atom. The number of carbonyl (C=O) groups excluding carboxylic acids is 1. The number of carbonyl (C=O) groups is 1. The van der Waals surface area contributed by atoms with Gasteiger partial charge < -0.3 is 9.64 Å². The Morgan fingerprint density at radius 3 is 2.69 bits per heavy atom. The van der Waals surface area contributed by atoms with Gasteiger partial charge in [0, 0.05) is 24.4 Å². The van der Waals surface area contributed by atoms with E-state index in [0.29, 0.717) is 0 Å². The maximum absolute atomic E-state index is 10.8. The fourth-order valence-corrected chi connectivity index (χ4v) is 1.62. The van der Waals surface area contributed by atoms with Gasteiger partial charge in [-0.1, -0.05) is 0 Å². The lowest BCUT2D eigenvalue weighted by molar-refractivity contribution is -0.134. The molecule has 0 aliphatic carbocycles. The van der Waals surface area contributed by atoms with Crippen LogP contribution in [0.3, 0.4) is 0 Å². The van der Waals surface area contributed by atoms with Gasteiger partial charge >= 0.3 is 5.97 Å². The lowest BCUT2D eigenvalue weighted by Crippen LogP contribution is -2.33. The topological polar surface area (TPSA) is 29.5 Å². The Hall–Kier alpha value is -0.990. The third kappa shape index (κ3) is 2.47. The van der Waals surface area contributed by atoms with E-state index in [1.165, 1.54) is 26.0 Å². The van der Waals surface area contributed by atoms with Crippen LogP contribution in [0.2, 0.25) is 0 Å². The molecule has 1 heterocycles. The molecule has 0 aromatic carbocycles. The monoisotopic (exact) mass is 183 g/mol. The SMILES string of the molecule is COC(=O)C=CN1CCCC1(C)C. The number of ether oxygens (including phenoxy) is 1. The summed E-state index contributed by atoms with van der Waals surface area (Å²) in [5.41, 5.74) is 0.185. The van der Waals surface area contributed by atoms with Crippen molar-refractivity contribution in [3.05, 3.63) is 12.3 Å². The first-order chi connectivity index (χ1) is 6.06. The number of likely N-dealkylation sites (tertiary alicyclic amines) is 1. The highest BCUT2D eigenvalue weighted by Gasteiger charge is 2.29. The predicted molar refractivity (Wildman–Crippen MR) is 51.2 cm³/mol. The van der Waals surface area contributed by atoms with Crippen molar-refractivity contribution < 1.29 is 9.53 Å². The van der Waals surface area contributed by atoms with Crippen molar-refractivity contribution in [3.63, 3.8) is 0 Å². The fourth-order valence-electron chi connectivity index (χ4n) is 1.62. The molecule has 1 aliphatic heterocycles. The van der Waals surface area contributed by atoms with Gasteiger partial charge in [0.05, 0.1) is 7.11 Å². The second-order valence-corrected chi connectivity index (χ2v) is 3.95. The first-order valence-corrected chi connectivity index (χ1v) is 4.59. The van der Waals surface area contributed by atoms with E-state index in [9.17, 15) is 4.79 Å². The van der Waals surface area contributed by atoms with Crippen molar-refractivity contribution in [1.82, 2.24) is 4.90 Å². The molecule has 0 spiro atoms. The minimum Gasteiger partial charge on any atom is -0.466 e. The van der Waals surface area contributed by atoms with Gasteiger partial charge in [-0.3, -0.25) is 0 Å². The molecule has 74 valence electrons. The van der Waals surface area contributed by atoms with Gasteiger partial charge in [0.1, 0.15) is 0 Å². The molecule has 13 heavy (non-hydrogen) atoms. The van der Waals surface area contributed by atoms with Gasteiger partial charge in [-0.2, -0.15) is 0 Å². The molecule has 0 N–H and O–H groups in total. The molecule has 1 rings (SSSR count). The molecule has 3 heteroatoms. The Bertz CT molecular complexity index is 221. The van der Waals surface area contributed by atoms with Gasteiger partial charge in [-0.25, -0.2) is 4.79 Å². The summed E-state index contributed by atoms with van der Waals surface area (Å²) < 4.78 is 4.53. The molecule has 0 amide bonds. The van der Waals surface area contributed by atoms with E-state index in [4.69, 9.17) is 0 Å². The number of esters is 1. The third-order valence-electron chi connectivity index (χ3n) is 2.56. The van der Waals surface area contributed by atoms with Gasteiger partial charge in [0.25, 0.3) is 0 Å². The first-order valence-electron chi connectivity index (χ1n) is 4.59. The van der Waals surface area contributed by atoms with Crippen molar-refractivity contribution in [2.24, 2.45) is 0 Å². The van der Waals surface area contributed by atoms with Crippen LogP contribution in [-0.2, 0) is 9.53 Å². The van der Waals surface area contributed by atoms with E-state index in [0.717, 1.165) is 6.54 Å². The molecular formula is C10H17NO2. The Morgan fingerprint density at radius 2 is 2.23 bits per heavy atom. The van der Waals surface area contributed by atoms with E-state index in [1.807, 2.05) is 6.20 Å². The lowest BCUT2D eigenvalue weighted by Gasteiger charge is -2.30. The highest BCUT2D eigenvalue weighted by Crippen LogP contribution is 2.28. The summed E-state index contributed by atoms with van der Waals surface area (Å²) in [6.45, 7) is 5.39. The standard InChI is InChI=1S/C10H17NO2/c1-10(2)6-4-7-11(10)8-5-9(12)13-3/h5,8H,4,6-7H2,1-3H3. The zero-order chi connectivity index (χ0) is 9.90. The van der Waals surface area contributed by atoms with Crippen molar-refractivity contribution in [1.29, 1.82) is 0 Å². The Balaban J connectivity index is 2.54. The highest BCUT2D eigenvalue weighted by molar-refractivity contribution is 5.81. The van der Waals surface area contributed by atoms with Crippen molar-refractivity contribution >= 4 is 5.97 Å². The largest absolute Gasteiger partial charge is 0.466 e. The van der Waals surface area contributed by atoms with Gasteiger partial charge in [0.15, 0.2) is 0 Å². The van der Waals surface area contributed by atoms with Crippen LogP contribution in [-0.4, -0.2) is 30.1 Å². The number of hydrogen-bond acceptors (Lipinski definition) is 3. The summed E-state index contributed by atoms with van der Waals surface area (Å²) in [4.78, 5) is 13.0. The zero-order valence-electron chi connectivity index (χ0n) is 8.54. The molecule has 0 radical (unpaired) electrons. The summed E-state index contributed by atoms with van der Waals surface area (Å²) in [5.74, 6) is -0.289. The van der Waals surface area contributed by atoms with Gasteiger partial charge in [-0.05, 0) is 26.7 Å². The van der Waals surface area contributed by atoms with Crippen LogP contribution in [0.15, 0.2) is 12.3 Å². The molecule has 1 saturated heterocycles. The molecule has 0 saturated carbocycles. The number of nitrogens with zero attached hydrogens (tertiary/aromatic N) is 1. The van der Waals surface area contributed by atoms with Crippen molar-refractivity contribution in [3.8, 4) is 0 Å². The minimum atomic E-state index is -0.289. The van der Waals surface area contributed by atoms with Crippen molar-refractivity contribution in [2.75, 3.05) is 13.7 Å². The average Bonchev–Trinajstić information content (AvgIpc) is 2.41. The molecule has 3 nitrogen and oxygen atoms in total. The van der Waals surface area contributed by atoms with Crippen LogP contribution in [0.25, 0.3) is 0 Å². The normalized spacial score (nSPS) is 21.0. The number of methoxy groups -OCH3 is 1. The molecule has 0 unspecified atom stereocenters. The summed E-state index contributed by atoms with van der Waals surface area (Å²) in [7, 11) is 1.39. The van der Waals surface area contributed by atoms with Gasteiger partial charge in [-0.15, -0.1) is 0 Å². The molecule has 0 bridgehead atoms. The van der Waals surface area contributed by atoms with Crippen LogP contribution in [0.1, 0.15) is 26.7 Å². The molecule has 0 aromatic heterocycles. The van der Waals surface area contributed by atoms with Crippen LogP contribution in [0.5, 0.6) is 0 Å². The number of rotatable bonds is 2. The predicted octanol–water partition coefficient (Wildman–Crippen LogP) is 1.55. The van der Waals surface area contributed by atoms with Gasteiger partial charge in [0.2, 0.25) is 0 Å². The second-order valence-electron chi connectivity index (χ2n) is 3.95. The third-order valence-corrected chi connectivity index (χ3v) is 2.56. The molecule has 1 fully saturated rings. The molecule has 1 aliphatic rings. The number of hydrogen-bond donors (Lipinski definition) is 0. The lowest BCUT2D eigenvalue weighted by atomic mass is 10.0. The molecule has 0 atom stereocenters. The summed E-state index contributed by atoms with van der Waals surface area (Å²) in [5, 5.41) is 0. The summed E-state index contributed by atoms with van der Waals surface area (Å²) in [6, 6.07) is 0. The maximum Gasteiger partial charge on any atom is 0.331 e. The van der Waals surface area contributed by atoms with Crippen LogP contribution < -0.4 is 0 Å². The first kappa shape index (κ1) is 10.1. The van der Waals surface area contributed by atoms with E-state index in [1.54, 1.807) is 0 Å². The average molecular weight is 183 g/mol. The van der Waals surface area contributed by atoms with E-state index < -0.39 is 0 Å². The van der Waals surface area contributed by atoms with E-state index >= 15 is 0 Å². The summed E-state index contributed by atoms with van der Waals surface area (Å²) in [6.07, 6.45) is 5.68. The molecule has 0 aromatic rings. The maximum atomic E-state index is 10.8. The van der Waals surface area contributed by atoms with Crippen molar-refractivity contribution in [2.45, 2.75) is 32.2 Å². The Kier molecular flexibility index (Phi) is 2.96. The van der Waals surface area contributed by atoms with Crippen LogP contribution >= 0.6 is 0 Å². The minimum absolute atomic E-state index is 0.185. The quantitative estimate of drug-likeness (QED) is 0.480. The van der Waals surface area contributed by atoms with E-state index in [2.05, 4.69) is 23.5 Å².